The molecule has 6 heteroatoms. The molecule has 16 heavy (non-hydrogen) atoms. The zero-order valence-corrected chi connectivity index (χ0v) is 7.85. The molecule has 0 atom stereocenters. The fraction of sp³-hybridized carbons (Fsp3) is 0.100. The van der Waals surface area contributed by atoms with Crippen molar-refractivity contribution < 1.29 is 17.6 Å². The Labute approximate surface area is 87.9 Å². The third-order valence-electron chi connectivity index (χ3n) is 2.04. The first-order chi connectivity index (χ1) is 7.50. The fourth-order valence-electron chi connectivity index (χ4n) is 1.31. The van der Waals surface area contributed by atoms with E-state index < -0.39 is 17.7 Å². The Morgan fingerprint density at radius 3 is 2.19 bits per heavy atom. The molecule has 1 aromatic carbocycles. The number of hydrogen-bond acceptors (Lipinski definition) is 1. The number of aromatic amines is 1. The Hall–Kier alpha value is -1.85. The van der Waals surface area contributed by atoms with Crippen molar-refractivity contribution in [3.8, 4) is 11.3 Å². The largest absolute Gasteiger partial charge is 0.438 e. The molecule has 2 nitrogen and oxygen atoms in total. The lowest BCUT2D eigenvalue weighted by Gasteiger charge is -2.01. The highest BCUT2D eigenvalue weighted by molar-refractivity contribution is 5.60. The maximum absolute atomic E-state index is 13.4. The number of aromatic nitrogens is 2. The molecule has 0 aliphatic heterocycles. The van der Waals surface area contributed by atoms with Crippen molar-refractivity contribution in [2.45, 2.75) is 6.18 Å². The highest BCUT2D eigenvalue weighted by atomic mass is 19.4. The second kappa shape index (κ2) is 3.62. The van der Waals surface area contributed by atoms with Crippen LogP contribution in [0.3, 0.4) is 0 Å². The summed E-state index contributed by atoms with van der Waals surface area (Å²) in [6, 6.07) is 7.88. The number of hydrogen-bond donors (Lipinski definition) is 1. The summed E-state index contributed by atoms with van der Waals surface area (Å²) < 4.78 is 50.2. The van der Waals surface area contributed by atoms with Crippen LogP contribution in [0.25, 0.3) is 11.3 Å². The van der Waals surface area contributed by atoms with Crippen LogP contribution >= 0.6 is 0 Å². The van der Waals surface area contributed by atoms with Crippen LogP contribution in [-0.4, -0.2) is 10.2 Å². The van der Waals surface area contributed by atoms with Crippen molar-refractivity contribution in [3.05, 3.63) is 41.8 Å². The van der Waals surface area contributed by atoms with Gasteiger partial charge in [0.25, 0.3) is 0 Å². The van der Waals surface area contributed by atoms with E-state index >= 15 is 0 Å². The van der Waals surface area contributed by atoms with E-state index in [2.05, 4.69) is 10.2 Å². The van der Waals surface area contributed by atoms with Gasteiger partial charge in [-0.3, -0.25) is 5.10 Å². The van der Waals surface area contributed by atoms with Gasteiger partial charge in [0.1, 0.15) is 5.69 Å². The molecule has 1 heterocycles. The van der Waals surface area contributed by atoms with E-state index in [0.717, 1.165) is 0 Å². The number of nitrogens with zero attached hydrogens (tertiary/aromatic N) is 1. The summed E-state index contributed by atoms with van der Waals surface area (Å²) in [5.41, 5.74) is -1.46. The Morgan fingerprint density at radius 1 is 1.06 bits per heavy atom. The topological polar surface area (TPSA) is 28.7 Å². The molecule has 0 aliphatic rings. The van der Waals surface area contributed by atoms with Gasteiger partial charge in [0, 0.05) is 5.56 Å². The van der Waals surface area contributed by atoms with Gasteiger partial charge in [-0.2, -0.15) is 18.3 Å². The average molecular weight is 230 g/mol. The van der Waals surface area contributed by atoms with Crippen molar-refractivity contribution in [1.82, 2.24) is 10.2 Å². The molecule has 0 radical (unpaired) electrons. The van der Waals surface area contributed by atoms with Gasteiger partial charge in [-0.15, -0.1) is 0 Å². The van der Waals surface area contributed by atoms with Crippen LogP contribution in [0.15, 0.2) is 30.3 Å². The van der Waals surface area contributed by atoms with E-state index in [1.807, 2.05) is 0 Å². The van der Waals surface area contributed by atoms with E-state index in [-0.39, 0.29) is 5.69 Å². The minimum atomic E-state index is -4.78. The average Bonchev–Trinajstić information content (AvgIpc) is 2.61. The van der Waals surface area contributed by atoms with Crippen molar-refractivity contribution in [1.29, 1.82) is 0 Å². The lowest BCUT2D eigenvalue weighted by molar-refractivity contribution is -0.143. The Bertz CT molecular complexity index is 487. The van der Waals surface area contributed by atoms with Gasteiger partial charge in [0.2, 0.25) is 5.69 Å². The third kappa shape index (κ3) is 1.78. The lowest BCUT2D eigenvalue weighted by Crippen LogP contribution is -2.07. The number of halogens is 4. The van der Waals surface area contributed by atoms with Crippen LogP contribution in [-0.2, 0) is 6.18 Å². The highest BCUT2D eigenvalue weighted by Gasteiger charge is 2.38. The lowest BCUT2D eigenvalue weighted by atomic mass is 10.1. The standard InChI is InChI=1S/C10H6F4N2/c11-7-8(6-4-2-1-3-5-6)15-16-9(7)10(12,13)14/h1-5H,(H,15,16). The van der Waals surface area contributed by atoms with Crippen LogP contribution in [0.4, 0.5) is 17.6 Å². The second-order valence-corrected chi connectivity index (χ2v) is 3.12. The molecule has 0 aliphatic carbocycles. The predicted octanol–water partition coefficient (Wildman–Crippen LogP) is 3.23. The summed E-state index contributed by atoms with van der Waals surface area (Å²) in [7, 11) is 0. The number of rotatable bonds is 1. The summed E-state index contributed by atoms with van der Waals surface area (Å²) in [5.74, 6) is -1.38. The molecule has 0 spiro atoms. The zero-order chi connectivity index (χ0) is 11.8. The van der Waals surface area contributed by atoms with E-state index in [4.69, 9.17) is 0 Å². The summed E-state index contributed by atoms with van der Waals surface area (Å²) in [4.78, 5) is 0. The molecule has 0 saturated heterocycles. The molecular weight excluding hydrogens is 224 g/mol. The molecule has 84 valence electrons. The summed E-state index contributed by atoms with van der Waals surface area (Å²) >= 11 is 0. The quantitative estimate of drug-likeness (QED) is 0.748. The van der Waals surface area contributed by atoms with Crippen LogP contribution < -0.4 is 0 Å². The number of benzene rings is 1. The molecular formula is C10H6F4N2. The fourth-order valence-corrected chi connectivity index (χ4v) is 1.31. The van der Waals surface area contributed by atoms with Crippen molar-refractivity contribution >= 4 is 0 Å². The van der Waals surface area contributed by atoms with Crippen LogP contribution in [0, 0.1) is 5.82 Å². The first-order valence-electron chi connectivity index (χ1n) is 4.36. The van der Waals surface area contributed by atoms with Crippen LogP contribution in [0.1, 0.15) is 5.69 Å². The number of H-pyrrole nitrogens is 1. The predicted molar refractivity (Wildman–Crippen MR) is 49.0 cm³/mol. The van der Waals surface area contributed by atoms with Gasteiger partial charge in [0.15, 0.2) is 5.82 Å². The molecule has 1 aromatic heterocycles. The molecule has 0 saturated carbocycles. The SMILES string of the molecule is Fc1c(C(F)(F)F)n[nH]c1-c1ccccc1. The van der Waals surface area contributed by atoms with Crippen molar-refractivity contribution in [2.75, 3.05) is 0 Å². The van der Waals surface area contributed by atoms with Gasteiger partial charge in [-0.05, 0) is 0 Å². The molecule has 0 fully saturated rings. The van der Waals surface area contributed by atoms with E-state index in [1.54, 1.807) is 18.2 Å². The van der Waals surface area contributed by atoms with Gasteiger partial charge in [0.05, 0.1) is 0 Å². The van der Waals surface area contributed by atoms with Crippen LogP contribution in [0.2, 0.25) is 0 Å². The molecule has 1 N–H and O–H groups in total. The van der Waals surface area contributed by atoms with Gasteiger partial charge in [-0.1, -0.05) is 30.3 Å². The summed E-state index contributed by atoms with van der Waals surface area (Å²) in [6.45, 7) is 0. The van der Waals surface area contributed by atoms with Crippen molar-refractivity contribution in [2.24, 2.45) is 0 Å². The van der Waals surface area contributed by atoms with E-state index in [1.165, 1.54) is 12.1 Å². The molecule has 0 bridgehead atoms. The maximum atomic E-state index is 13.4. The Morgan fingerprint density at radius 2 is 1.69 bits per heavy atom. The van der Waals surface area contributed by atoms with Crippen LogP contribution in [0.5, 0.6) is 0 Å². The van der Waals surface area contributed by atoms with Crippen molar-refractivity contribution in [3.63, 3.8) is 0 Å². The maximum Gasteiger partial charge on any atom is 0.438 e. The minimum Gasteiger partial charge on any atom is -0.274 e. The molecule has 0 amide bonds. The smallest absolute Gasteiger partial charge is 0.274 e. The van der Waals surface area contributed by atoms with Gasteiger partial charge < -0.3 is 0 Å². The molecule has 2 aromatic rings. The summed E-state index contributed by atoms with van der Waals surface area (Å²) in [6.07, 6.45) is -4.78. The number of alkyl halides is 3. The molecule has 2 rings (SSSR count). The Kier molecular flexibility index (Phi) is 2.41. The first-order valence-corrected chi connectivity index (χ1v) is 4.36. The van der Waals surface area contributed by atoms with Gasteiger partial charge >= 0.3 is 6.18 Å². The normalized spacial score (nSPS) is 11.8. The first kappa shape index (κ1) is 10.7. The second-order valence-electron chi connectivity index (χ2n) is 3.12. The minimum absolute atomic E-state index is 0.257. The zero-order valence-electron chi connectivity index (χ0n) is 7.85. The number of nitrogens with one attached hydrogen (secondary N) is 1. The Balaban J connectivity index is 2.50. The monoisotopic (exact) mass is 230 g/mol. The summed E-state index contributed by atoms with van der Waals surface area (Å²) in [5, 5.41) is 4.99. The highest BCUT2D eigenvalue weighted by Crippen LogP contribution is 2.33. The van der Waals surface area contributed by atoms with E-state index in [9.17, 15) is 17.6 Å². The third-order valence-corrected chi connectivity index (χ3v) is 2.04. The van der Waals surface area contributed by atoms with Gasteiger partial charge in [-0.25, -0.2) is 4.39 Å². The van der Waals surface area contributed by atoms with E-state index in [0.29, 0.717) is 5.56 Å². The molecule has 0 unspecified atom stereocenters.